The summed E-state index contributed by atoms with van der Waals surface area (Å²) in [5, 5.41) is 0. The molecule has 0 amide bonds. The first kappa shape index (κ1) is 21.3. The number of allylic oxidation sites excluding steroid dienone is 4. The molecule has 2 aliphatic carbocycles. The fourth-order valence-electron chi connectivity index (χ4n) is 5.24. The van der Waals surface area contributed by atoms with E-state index in [0.29, 0.717) is 0 Å². The average molecular weight is 383 g/mol. The number of hydrogen-bond donors (Lipinski definition) is 0. The molecule has 0 radical (unpaired) electrons. The molecule has 28 heavy (non-hydrogen) atoms. The van der Waals surface area contributed by atoms with Gasteiger partial charge in [-0.25, -0.2) is 4.39 Å². The average Bonchev–Trinajstić information content (AvgIpc) is 2.74. The second-order valence-corrected chi connectivity index (χ2v) is 9.28. The van der Waals surface area contributed by atoms with Gasteiger partial charge in [0.1, 0.15) is 5.83 Å². The quantitative estimate of drug-likeness (QED) is 0.296. The van der Waals surface area contributed by atoms with Gasteiger partial charge in [-0.3, -0.25) is 0 Å². The van der Waals surface area contributed by atoms with Crippen LogP contribution in [0.25, 0.3) is 0 Å². The van der Waals surface area contributed by atoms with Gasteiger partial charge >= 0.3 is 0 Å². The van der Waals surface area contributed by atoms with Crippen molar-refractivity contribution in [2.45, 2.75) is 90.4 Å². The van der Waals surface area contributed by atoms with Crippen molar-refractivity contribution in [3.05, 3.63) is 60.0 Å². The van der Waals surface area contributed by atoms with Crippen molar-refractivity contribution in [2.75, 3.05) is 0 Å². The fraction of sp³-hybridized carbons (Fsp3) is 0.630. The predicted octanol–water partition coefficient (Wildman–Crippen LogP) is 8.76. The maximum atomic E-state index is 15.0. The van der Waals surface area contributed by atoms with Gasteiger partial charge in [0.05, 0.1) is 5.92 Å². The molecule has 0 N–H and O–H groups in total. The summed E-state index contributed by atoms with van der Waals surface area (Å²) in [5.41, 5.74) is 0.978. The van der Waals surface area contributed by atoms with E-state index in [2.05, 4.69) is 26.0 Å². The van der Waals surface area contributed by atoms with Gasteiger partial charge in [0.25, 0.3) is 0 Å². The van der Waals surface area contributed by atoms with Crippen molar-refractivity contribution in [3.63, 3.8) is 0 Å². The molecule has 2 unspecified atom stereocenters. The zero-order valence-electron chi connectivity index (χ0n) is 18.0. The Hall–Kier alpha value is -1.37. The maximum Gasteiger partial charge on any atom is 0.108 e. The molecular weight excluding hydrogens is 343 g/mol. The van der Waals surface area contributed by atoms with Crippen LogP contribution in [0.3, 0.4) is 0 Å². The summed E-state index contributed by atoms with van der Waals surface area (Å²) in [6.45, 7) is 4.50. The van der Waals surface area contributed by atoms with Crippen LogP contribution in [0.5, 0.6) is 0 Å². The molecule has 1 saturated carbocycles. The van der Waals surface area contributed by atoms with E-state index in [0.717, 1.165) is 30.2 Å². The number of halogens is 1. The topological polar surface area (TPSA) is 0 Å². The third-order valence-corrected chi connectivity index (χ3v) is 7.36. The van der Waals surface area contributed by atoms with E-state index in [1.807, 2.05) is 36.4 Å². The normalized spacial score (nSPS) is 30.2. The Morgan fingerprint density at radius 3 is 2.21 bits per heavy atom. The molecule has 1 aromatic carbocycles. The minimum absolute atomic E-state index is 0.0372. The number of benzene rings is 1. The molecule has 2 atom stereocenters. The molecule has 0 heterocycles. The van der Waals surface area contributed by atoms with E-state index in [-0.39, 0.29) is 17.2 Å². The standard InChI is InChI=1S/C27H39F/c1-3-5-7-10-22-13-15-23(16-14-22)17-19-27(4-2)20-18-25(26(28)21-27)24-11-8-6-9-12-24/h6,8-9,11-12,18,20-23,25H,3-5,7,10,13-17,19H2,1-2H3. The Bertz CT molecular complexity index is 635. The van der Waals surface area contributed by atoms with Crippen LogP contribution in [0.2, 0.25) is 0 Å². The highest BCUT2D eigenvalue weighted by Gasteiger charge is 2.31. The molecule has 2 aliphatic rings. The Morgan fingerprint density at radius 1 is 0.929 bits per heavy atom. The van der Waals surface area contributed by atoms with Gasteiger partial charge in [-0.1, -0.05) is 108 Å². The van der Waals surface area contributed by atoms with Crippen LogP contribution < -0.4 is 0 Å². The number of unbranched alkanes of at least 4 members (excludes halogenated alkanes) is 2. The highest BCUT2D eigenvalue weighted by atomic mass is 19.1. The predicted molar refractivity (Wildman–Crippen MR) is 119 cm³/mol. The molecule has 0 bridgehead atoms. The molecule has 1 aromatic rings. The smallest absolute Gasteiger partial charge is 0.108 e. The summed E-state index contributed by atoms with van der Waals surface area (Å²) in [6, 6.07) is 10.0. The van der Waals surface area contributed by atoms with Crippen molar-refractivity contribution >= 4 is 0 Å². The summed E-state index contributed by atoms with van der Waals surface area (Å²) in [4.78, 5) is 0. The number of hydrogen-bond acceptors (Lipinski definition) is 0. The first-order valence-electron chi connectivity index (χ1n) is 11.8. The summed E-state index contributed by atoms with van der Waals surface area (Å²) < 4.78 is 15.0. The lowest BCUT2D eigenvalue weighted by Gasteiger charge is -2.34. The van der Waals surface area contributed by atoms with Crippen LogP contribution in [-0.2, 0) is 0 Å². The second kappa shape index (κ2) is 10.4. The van der Waals surface area contributed by atoms with Crippen molar-refractivity contribution in [3.8, 4) is 0 Å². The van der Waals surface area contributed by atoms with Gasteiger partial charge in [-0.05, 0) is 42.7 Å². The molecule has 0 aromatic heterocycles. The van der Waals surface area contributed by atoms with Crippen LogP contribution >= 0.6 is 0 Å². The van der Waals surface area contributed by atoms with Crippen molar-refractivity contribution < 1.29 is 4.39 Å². The zero-order chi connectivity index (χ0) is 19.8. The minimum Gasteiger partial charge on any atom is -0.211 e. The van der Waals surface area contributed by atoms with Crippen molar-refractivity contribution in [1.29, 1.82) is 0 Å². The molecule has 1 heteroatoms. The van der Waals surface area contributed by atoms with E-state index in [4.69, 9.17) is 0 Å². The SMILES string of the molecule is CCCCCC1CCC(CCC2(CC)C=CC(c3ccccc3)C(F)=C2)CC1. The Labute approximate surface area is 172 Å². The van der Waals surface area contributed by atoms with Crippen LogP contribution in [0.1, 0.15) is 96.0 Å². The monoisotopic (exact) mass is 382 g/mol. The van der Waals surface area contributed by atoms with E-state index in [1.54, 1.807) is 0 Å². The van der Waals surface area contributed by atoms with Gasteiger partial charge in [-0.15, -0.1) is 0 Å². The Balaban J connectivity index is 1.51. The van der Waals surface area contributed by atoms with E-state index >= 15 is 0 Å². The van der Waals surface area contributed by atoms with Crippen LogP contribution in [0.4, 0.5) is 4.39 Å². The highest BCUT2D eigenvalue weighted by molar-refractivity contribution is 5.36. The molecule has 3 rings (SSSR count). The molecule has 0 spiro atoms. The van der Waals surface area contributed by atoms with E-state index in [9.17, 15) is 4.39 Å². The Morgan fingerprint density at radius 2 is 1.61 bits per heavy atom. The van der Waals surface area contributed by atoms with Gasteiger partial charge in [0.2, 0.25) is 0 Å². The minimum atomic E-state index is -0.195. The van der Waals surface area contributed by atoms with Gasteiger partial charge in [0.15, 0.2) is 0 Å². The summed E-state index contributed by atoms with van der Waals surface area (Å²) in [5.74, 6) is 1.67. The van der Waals surface area contributed by atoms with Gasteiger partial charge in [-0.2, -0.15) is 0 Å². The largest absolute Gasteiger partial charge is 0.211 e. The highest BCUT2D eigenvalue weighted by Crippen LogP contribution is 2.44. The first-order valence-corrected chi connectivity index (χ1v) is 11.8. The van der Waals surface area contributed by atoms with E-state index < -0.39 is 0 Å². The maximum absolute atomic E-state index is 15.0. The van der Waals surface area contributed by atoms with Crippen molar-refractivity contribution in [1.82, 2.24) is 0 Å². The molecule has 0 aliphatic heterocycles. The third kappa shape index (κ3) is 5.58. The second-order valence-electron chi connectivity index (χ2n) is 9.28. The lowest BCUT2D eigenvalue weighted by molar-refractivity contribution is 0.230. The third-order valence-electron chi connectivity index (χ3n) is 7.36. The lowest BCUT2D eigenvalue weighted by Crippen LogP contribution is -2.22. The van der Waals surface area contributed by atoms with Crippen LogP contribution in [0, 0.1) is 17.3 Å². The van der Waals surface area contributed by atoms with E-state index in [1.165, 1.54) is 57.8 Å². The van der Waals surface area contributed by atoms with Crippen LogP contribution in [-0.4, -0.2) is 0 Å². The van der Waals surface area contributed by atoms with Crippen LogP contribution in [0.15, 0.2) is 54.4 Å². The summed E-state index contributed by atoms with van der Waals surface area (Å²) in [7, 11) is 0. The lowest BCUT2D eigenvalue weighted by atomic mass is 9.71. The summed E-state index contributed by atoms with van der Waals surface area (Å²) in [6.07, 6.45) is 20.9. The molecular formula is C27H39F. The summed E-state index contributed by atoms with van der Waals surface area (Å²) >= 11 is 0. The molecule has 0 nitrogen and oxygen atoms in total. The molecule has 0 saturated heterocycles. The molecule has 1 fully saturated rings. The van der Waals surface area contributed by atoms with Gasteiger partial charge < -0.3 is 0 Å². The number of rotatable bonds is 9. The van der Waals surface area contributed by atoms with Gasteiger partial charge in [0, 0.05) is 5.41 Å². The zero-order valence-corrected chi connectivity index (χ0v) is 18.0. The van der Waals surface area contributed by atoms with Crippen molar-refractivity contribution in [2.24, 2.45) is 17.3 Å². The first-order chi connectivity index (χ1) is 13.7. The Kier molecular flexibility index (Phi) is 7.94. The molecule has 154 valence electrons. The fourth-order valence-corrected chi connectivity index (χ4v) is 5.24.